The standard InChI is InChI=1S/C13H27NO2/c1-6-9-12(13(15)16-8-3)14-11(5)10(4)7-2/h10-12,14H,6-9H2,1-5H3. The van der Waals surface area contributed by atoms with Gasteiger partial charge in [-0.1, -0.05) is 33.6 Å². The summed E-state index contributed by atoms with van der Waals surface area (Å²) in [6.07, 6.45) is 2.96. The molecule has 0 aromatic heterocycles. The summed E-state index contributed by atoms with van der Waals surface area (Å²) in [6.45, 7) is 10.9. The lowest BCUT2D eigenvalue weighted by Gasteiger charge is -2.25. The van der Waals surface area contributed by atoms with Crippen molar-refractivity contribution in [3.63, 3.8) is 0 Å². The maximum Gasteiger partial charge on any atom is 0.323 e. The Bertz CT molecular complexity index is 194. The molecular formula is C13H27NO2. The zero-order valence-corrected chi connectivity index (χ0v) is 11.4. The van der Waals surface area contributed by atoms with Gasteiger partial charge in [-0.05, 0) is 26.2 Å². The Labute approximate surface area is 99.9 Å². The summed E-state index contributed by atoms with van der Waals surface area (Å²) in [5.74, 6) is 0.466. The van der Waals surface area contributed by atoms with E-state index in [1.165, 1.54) is 0 Å². The fraction of sp³-hybridized carbons (Fsp3) is 0.923. The van der Waals surface area contributed by atoms with Gasteiger partial charge < -0.3 is 10.1 Å². The van der Waals surface area contributed by atoms with Crippen molar-refractivity contribution in [2.45, 2.75) is 66.0 Å². The van der Waals surface area contributed by atoms with Crippen LogP contribution in [-0.4, -0.2) is 24.7 Å². The van der Waals surface area contributed by atoms with E-state index in [1.807, 2.05) is 6.92 Å². The van der Waals surface area contributed by atoms with E-state index in [4.69, 9.17) is 4.74 Å². The number of nitrogens with one attached hydrogen (secondary N) is 1. The van der Waals surface area contributed by atoms with Gasteiger partial charge in [0.15, 0.2) is 0 Å². The second-order valence-electron chi connectivity index (χ2n) is 4.43. The molecule has 0 saturated carbocycles. The number of hydrogen-bond donors (Lipinski definition) is 1. The van der Waals surface area contributed by atoms with Gasteiger partial charge in [0.1, 0.15) is 6.04 Å². The first-order valence-corrected chi connectivity index (χ1v) is 6.49. The van der Waals surface area contributed by atoms with Crippen molar-refractivity contribution < 1.29 is 9.53 Å². The third kappa shape index (κ3) is 5.50. The third-order valence-electron chi connectivity index (χ3n) is 3.11. The summed E-state index contributed by atoms with van der Waals surface area (Å²) in [5, 5.41) is 3.38. The van der Waals surface area contributed by atoms with Gasteiger partial charge >= 0.3 is 5.97 Å². The van der Waals surface area contributed by atoms with Crippen LogP contribution in [0, 0.1) is 5.92 Å². The summed E-state index contributed by atoms with van der Waals surface area (Å²) < 4.78 is 5.07. The van der Waals surface area contributed by atoms with E-state index in [9.17, 15) is 4.79 Å². The molecule has 96 valence electrons. The molecule has 0 aromatic carbocycles. The van der Waals surface area contributed by atoms with Crippen molar-refractivity contribution in [1.29, 1.82) is 0 Å². The molecule has 16 heavy (non-hydrogen) atoms. The highest BCUT2D eigenvalue weighted by Crippen LogP contribution is 2.10. The summed E-state index contributed by atoms with van der Waals surface area (Å²) in [6, 6.07) is 0.208. The minimum absolute atomic E-state index is 0.112. The number of ether oxygens (including phenoxy) is 1. The van der Waals surface area contributed by atoms with Gasteiger partial charge in [0, 0.05) is 6.04 Å². The molecule has 0 aliphatic heterocycles. The molecule has 0 aliphatic carbocycles. The summed E-state index contributed by atoms with van der Waals surface area (Å²) in [4.78, 5) is 11.7. The molecule has 3 atom stereocenters. The zero-order valence-electron chi connectivity index (χ0n) is 11.4. The first-order valence-electron chi connectivity index (χ1n) is 6.49. The van der Waals surface area contributed by atoms with E-state index in [-0.39, 0.29) is 12.0 Å². The van der Waals surface area contributed by atoms with E-state index in [2.05, 4.69) is 33.0 Å². The molecule has 3 heteroatoms. The molecule has 0 aliphatic rings. The van der Waals surface area contributed by atoms with Crippen LogP contribution in [0.15, 0.2) is 0 Å². The average Bonchev–Trinajstić information content (AvgIpc) is 2.27. The first kappa shape index (κ1) is 15.4. The molecule has 3 unspecified atom stereocenters. The Hall–Kier alpha value is -0.570. The molecule has 0 heterocycles. The number of esters is 1. The van der Waals surface area contributed by atoms with Crippen LogP contribution < -0.4 is 5.32 Å². The quantitative estimate of drug-likeness (QED) is 0.650. The van der Waals surface area contributed by atoms with Crippen molar-refractivity contribution in [2.24, 2.45) is 5.92 Å². The number of carbonyl (C=O) groups is 1. The van der Waals surface area contributed by atoms with Crippen LogP contribution in [0.2, 0.25) is 0 Å². The molecule has 0 amide bonds. The van der Waals surface area contributed by atoms with E-state index in [1.54, 1.807) is 0 Å². The van der Waals surface area contributed by atoms with Crippen molar-refractivity contribution in [3.05, 3.63) is 0 Å². The highest BCUT2D eigenvalue weighted by atomic mass is 16.5. The smallest absolute Gasteiger partial charge is 0.323 e. The lowest BCUT2D eigenvalue weighted by atomic mass is 9.99. The van der Waals surface area contributed by atoms with Crippen molar-refractivity contribution in [2.75, 3.05) is 6.61 Å². The predicted molar refractivity (Wildman–Crippen MR) is 67.4 cm³/mol. The van der Waals surface area contributed by atoms with E-state index in [0.717, 1.165) is 19.3 Å². The topological polar surface area (TPSA) is 38.3 Å². The molecule has 0 fully saturated rings. The van der Waals surface area contributed by atoms with E-state index >= 15 is 0 Å². The molecule has 0 saturated heterocycles. The summed E-state index contributed by atoms with van der Waals surface area (Å²) in [7, 11) is 0. The van der Waals surface area contributed by atoms with Crippen LogP contribution in [0.4, 0.5) is 0 Å². The van der Waals surface area contributed by atoms with Gasteiger partial charge in [-0.25, -0.2) is 0 Å². The molecule has 0 aromatic rings. The van der Waals surface area contributed by atoms with Gasteiger partial charge in [0.05, 0.1) is 6.61 Å². The summed E-state index contributed by atoms with van der Waals surface area (Å²) in [5.41, 5.74) is 0. The van der Waals surface area contributed by atoms with Crippen LogP contribution in [0.1, 0.15) is 53.9 Å². The van der Waals surface area contributed by atoms with Crippen LogP contribution in [-0.2, 0) is 9.53 Å². The minimum Gasteiger partial charge on any atom is -0.465 e. The van der Waals surface area contributed by atoms with E-state index in [0.29, 0.717) is 18.6 Å². The SMILES string of the molecule is CCCC(NC(C)C(C)CC)C(=O)OCC. The number of hydrogen-bond acceptors (Lipinski definition) is 3. The average molecular weight is 229 g/mol. The molecule has 0 bridgehead atoms. The Morgan fingerprint density at radius 3 is 2.31 bits per heavy atom. The Morgan fingerprint density at radius 2 is 1.88 bits per heavy atom. The summed E-state index contributed by atoms with van der Waals surface area (Å²) >= 11 is 0. The number of carbonyl (C=O) groups excluding carboxylic acids is 1. The van der Waals surface area contributed by atoms with E-state index < -0.39 is 0 Å². The zero-order chi connectivity index (χ0) is 12.6. The highest BCUT2D eigenvalue weighted by Gasteiger charge is 2.22. The molecule has 0 rings (SSSR count). The maximum absolute atomic E-state index is 11.7. The van der Waals surface area contributed by atoms with Crippen molar-refractivity contribution in [3.8, 4) is 0 Å². The normalized spacial score (nSPS) is 16.6. The highest BCUT2D eigenvalue weighted by molar-refractivity contribution is 5.75. The monoisotopic (exact) mass is 229 g/mol. The van der Waals surface area contributed by atoms with Crippen LogP contribution in [0.25, 0.3) is 0 Å². The molecular weight excluding hydrogens is 202 g/mol. The largest absolute Gasteiger partial charge is 0.465 e. The Kier molecular flexibility index (Phi) is 8.26. The van der Waals surface area contributed by atoms with Crippen LogP contribution in [0.5, 0.6) is 0 Å². The Balaban J connectivity index is 4.26. The van der Waals surface area contributed by atoms with Crippen molar-refractivity contribution >= 4 is 5.97 Å². The number of rotatable bonds is 8. The second-order valence-corrected chi connectivity index (χ2v) is 4.43. The van der Waals surface area contributed by atoms with Gasteiger partial charge in [-0.15, -0.1) is 0 Å². The lowest BCUT2D eigenvalue weighted by molar-refractivity contribution is -0.146. The predicted octanol–water partition coefficient (Wildman–Crippen LogP) is 2.74. The lowest BCUT2D eigenvalue weighted by Crippen LogP contribution is -2.45. The molecule has 0 spiro atoms. The van der Waals surface area contributed by atoms with Gasteiger partial charge in [-0.2, -0.15) is 0 Å². The fourth-order valence-electron chi connectivity index (χ4n) is 1.64. The van der Waals surface area contributed by atoms with Crippen molar-refractivity contribution in [1.82, 2.24) is 5.32 Å². The maximum atomic E-state index is 11.7. The van der Waals surface area contributed by atoms with Crippen LogP contribution in [0.3, 0.4) is 0 Å². The first-order chi connectivity index (χ1) is 7.56. The molecule has 0 radical (unpaired) electrons. The van der Waals surface area contributed by atoms with Gasteiger partial charge in [-0.3, -0.25) is 4.79 Å². The van der Waals surface area contributed by atoms with Gasteiger partial charge in [0.25, 0.3) is 0 Å². The molecule has 1 N–H and O–H groups in total. The van der Waals surface area contributed by atoms with Gasteiger partial charge in [0.2, 0.25) is 0 Å². The second kappa shape index (κ2) is 8.57. The van der Waals surface area contributed by atoms with Crippen LogP contribution >= 0.6 is 0 Å². The third-order valence-corrected chi connectivity index (χ3v) is 3.11. The molecule has 3 nitrogen and oxygen atoms in total. The fourth-order valence-corrected chi connectivity index (χ4v) is 1.64. The Morgan fingerprint density at radius 1 is 1.25 bits per heavy atom. The minimum atomic E-state index is -0.144.